The van der Waals surface area contributed by atoms with E-state index >= 15 is 0 Å². The molecule has 0 amide bonds. The Balaban J connectivity index is 2.24. The molecule has 6 nitrogen and oxygen atoms in total. The van der Waals surface area contributed by atoms with E-state index in [2.05, 4.69) is 9.97 Å². The predicted octanol–water partition coefficient (Wildman–Crippen LogP) is 2.91. The first-order valence-electron chi connectivity index (χ1n) is 7.75. The van der Waals surface area contributed by atoms with Crippen LogP contribution in [-0.2, 0) is 9.59 Å². The second-order valence-electron chi connectivity index (χ2n) is 6.49. The Morgan fingerprint density at radius 3 is 1.96 bits per heavy atom. The number of aryl methyl sites for hydroxylation is 4. The number of rotatable bonds is 4. The van der Waals surface area contributed by atoms with Gasteiger partial charge in [0, 0.05) is 34.3 Å². The van der Waals surface area contributed by atoms with Crippen LogP contribution in [0.3, 0.4) is 0 Å². The van der Waals surface area contributed by atoms with Crippen molar-refractivity contribution >= 4 is 17.5 Å². The fraction of sp³-hybridized carbons (Fsp3) is 0.333. The molecule has 0 spiro atoms. The minimum Gasteiger partial charge on any atom is -0.481 e. The van der Waals surface area contributed by atoms with E-state index < -0.39 is 23.8 Å². The molecule has 2 unspecified atom stereocenters. The number of H-pyrrole nitrogens is 2. The largest absolute Gasteiger partial charge is 0.481 e. The number of carbonyl (C=O) groups is 2. The van der Waals surface area contributed by atoms with Crippen LogP contribution >= 0.6 is 0 Å². The normalized spacial score (nSPS) is 20.2. The van der Waals surface area contributed by atoms with E-state index in [4.69, 9.17) is 0 Å². The quantitative estimate of drug-likeness (QED) is 0.692. The van der Waals surface area contributed by atoms with E-state index in [0.29, 0.717) is 17.0 Å². The Bertz CT molecular complexity index is 885. The summed E-state index contributed by atoms with van der Waals surface area (Å²) in [6, 6.07) is 3.79. The van der Waals surface area contributed by atoms with E-state index in [9.17, 15) is 19.8 Å². The maximum atomic E-state index is 11.9. The molecule has 0 bridgehead atoms. The van der Waals surface area contributed by atoms with Crippen molar-refractivity contribution in [3.63, 3.8) is 0 Å². The molecular formula is C18H20N2O4. The van der Waals surface area contributed by atoms with Gasteiger partial charge in [-0.25, -0.2) is 4.79 Å². The van der Waals surface area contributed by atoms with Gasteiger partial charge < -0.3 is 20.2 Å². The maximum Gasteiger partial charge on any atom is 0.332 e. The molecule has 0 radical (unpaired) electrons. The summed E-state index contributed by atoms with van der Waals surface area (Å²) in [7, 11) is 0. The van der Waals surface area contributed by atoms with E-state index in [1.54, 1.807) is 0 Å². The smallest absolute Gasteiger partial charge is 0.332 e. The Labute approximate surface area is 139 Å². The summed E-state index contributed by atoms with van der Waals surface area (Å²) in [4.78, 5) is 30.0. The lowest BCUT2D eigenvalue weighted by Gasteiger charge is -2.37. The molecule has 2 heterocycles. The Morgan fingerprint density at radius 2 is 1.54 bits per heavy atom. The van der Waals surface area contributed by atoms with Crippen LogP contribution in [0.5, 0.6) is 0 Å². The minimum absolute atomic E-state index is 0.150. The second-order valence-corrected chi connectivity index (χ2v) is 6.49. The lowest BCUT2D eigenvalue weighted by atomic mass is 9.64. The molecule has 2 atom stereocenters. The summed E-state index contributed by atoms with van der Waals surface area (Å²) < 4.78 is 0. The molecule has 0 saturated carbocycles. The Hall–Kier alpha value is -2.76. The van der Waals surface area contributed by atoms with Crippen molar-refractivity contribution in [3.8, 4) is 0 Å². The molecule has 3 rings (SSSR count). The Kier molecular flexibility index (Phi) is 3.63. The van der Waals surface area contributed by atoms with Gasteiger partial charge in [0.2, 0.25) is 0 Å². The number of hydrogen-bond acceptors (Lipinski definition) is 2. The summed E-state index contributed by atoms with van der Waals surface area (Å²) in [5.74, 6) is -3.65. The fourth-order valence-electron chi connectivity index (χ4n) is 3.77. The minimum atomic E-state index is -1.08. The Morgan fingerprint density at radius 1 is 0.958 bits per heavy atom. The first kappa shape index (κ1) is 16.1. The number of hydrogen-bond donors (Lipinski definition) is 4. The summed E-state index contributed by atoms with van der Waals surface area (Å²) >= 11 is 0. The van der Waals surface area contributed by atoms with Crippen LogP contribution in [0, 0.1) is 33.6 Å². The lowest BCUT2D eigenvalue weighted by molar-refractivity contribution is -0.141. The molecule has 4 N–H and O–H groups in total. The molecule has 2 aromatic rings. The molecule has 0 aromatic carbocycles. The van der Waals surface area contributed by atoms with Gasteiger partial charge in [0.15, 0.2) is 0 Å². The van der Waals surface area contributed by atoms with Crippen molar-refractivity contribution in [1.29, 1.82) is 0 Å². The van der Waals surface area contributed by atoms with Crippen LogP contribution in [0.25, 0.3) is 5.57 Å². The third kappa shape index (κ3) is 2.26. The molecule has 2 aromatic heterocycles. The molecule has 126 valence electrons. The molecular weight excluding hydrogens is 308 g/mol. The average Bonchev–Trinajstić information content (AvgIpc) is 2.90. The summed E-state index contributed by atoms with van der Waals surface area (Å²) in [6.45, 7) is 7.44. The number of carboxylic acids is 2. The first-order valence-corrected chi connectivity index (χ1v) is 7.75. The van der Waals surface area contributed by atoms with Gasteiger partial charge in [0.1, 0.15) is 0 Å². The number of carboxylic acid groups (broad SMARTS) is 2. The summed E-state index contributed by atoms with van der Waals surface area (Å²) in [6.07, 6.45) is 0. The van der Waals surface area contributed by atoms with Gasteiger partial charge in [0.05, 0.1) is 11.5 Å². The SMILES string of the molecule is Cc1cc(C)c(C2=C(C(=O)O)C(c3[nH]c(C)cc3C)C2C(=O)O)[nH]1. The maximum absolute atomic E-state index is 11.9. The first-order chi connectivity index (χ1) is 11.2. The third-order valence-corrected chi connectivity index (χ3v) is 4.66. The number of aliphatic carboxylic acids is 2. The topological polar surface area (TPSA) is 106 Å². The van der Waals surface area contributed by atoms with Crippen LogP contribution < -0.4 is 0 Å². The highest BCUT2D eigenvalue weighted by Crippen LogP contribution is 2.53. The van der Waals surface area contributed by atoms with Crippen molar-refractivity contribution in [3.05, 3.63) is 51.6 Å². The second kappa shape index (κ2) is 5.40. The summed E-state index contributed by atoms with van der Waals surface area (Å²) in [5.41, 5.74) is 5.29. The molecule has 0 aliphatic heterocycles. The van der Waals surface area contributed by atoms with Gasteiger partial charge in [-0.15, -0.1) is 0 Å². The van der Waals surface area contributed by atoms with E-state index in [1.165, 1.54) is 0 Å². The van der Waals surface area contributed by atoms with Crippen molar-refractivity contribution < 1.29 is 19.8 Å². The van der Waals surface area contributed by atoms with Crippen LogP contribution in [0.1, 0.15) is 39.8 Å². The molecule has 1 aliphatic rings. The zero-order chi connectivity index (χ0) is 17.8. The summed E-state index contributed by atoms with van der Waals surface area (Å²) in [5, 5.41) is 19.4. The van der Waals surface area contributed by atoms with E-state index in [1.807, 2.05) is 39.8 Å². The van der Waals surface area contributed by atoms with Crippen molar-refractivity contribution in [2.75, 3.05) is 0 Å². The van der Waals surface area contributed by atoms with Crippen LogP contribution in [0.15, 0.2) is 17.7 Å². The molecule has 0 fully saturated rings. The highest BCUT2D eigenvalue weighted by Gasteiger charge is 2.51. The van der Waals surface area contributed by atoms with Crippen LogP contribution in [0.4, 0.5) is 0 Å². The average molecular weight is 328 g/mol. The van der Waals surface area contributed by atoms with Crippen molar-refractivity contribution in [2.24, 2.45) is 5.92 Å². The fourth-order valence-corrected chi connectivity index (χ4v) is 3.77. The van der Waals surface area contributed by atoms with E-state index in [-0.39, 0.29) is 5.57 Å². The molecule has 6 heteroatoms. The van der Waals surface area contributed by atoms with E-state index in [0.717, 1.165) is 22.5 Å². The highest BCUT2D eigenvalue weighted by molar-refractivity contribution is 6.09. The van der Waals surface area contributed by atoms with Crippen LogP contribution in [0.2, 0.25) is 0 Å². The van der Waals surface area contributed by atoms with Gasteiger partial charge in [0.25, 0.3) is 0 Å². The van der Waals surface area contributed by atoms with Gasteiger partial charge in [-0.2, -0.15) is 0 Å². The number of aromatic nitrogens is 2. The van der Waals surface area contributed by atoms with Crippen molar-refractivity contribution in [2.45, 2.75) is 33.6 Å². The molecule has 1 aliphatic carbocycles. The van der Waals surface area contributed by atoms with Gasteiger partial charge in [-0.05, 0) is 51.0 Å². The van der Waals surface area contributed by atoms with Crippen molar-refractivity contribution in [1.82, 2.24) is 9.97 Å². The molecule has 24 heavy (non-hydrogen) atoms. The zero-order valence-corrected chi connectivity index (χ0v) is 14.0. The van der Waals surface area contributed by atoms with Crippen LogP contribution in [-0.4, -0.2) is 32.1 Å². The lowest BCUT2D eigenvalue weighted by Crippen LogP contribution is -2.38. The standard InChI is InChI=1S/C18H20N2O4/c1-7-5-9(3)19-15(7)11-13(17(21)22)12(14(11)18(23)24)16-8(2)6-10(4)20-16/h5-6,11,13,19-20H,1-4H3,(H,21,22)(H,23,24). The van der Waals surface area contributed by atoms with Gasteiger partial charge in [-0.1, -0.05) is 0 Å². The van der Waals surface area contributed by atoms with Gasteiger partial charge in [-0.3, -0.25) is 4.79 Å². The highest BCUT2D eigenvalue weighted by atomic mass is 16.4. The number of aromatic amines is 2. The third-order valence-electron chi connectivity index (χ3n) is 4.66. The van der Waals surface area contributed by atoms with Gasteiger partial charge >= 0.3 is 11.9 Å². The monoisotopic (exact) mass is 328 g/mol. The molecule has 0 saturated heterocycles. The number of nitrogens with one attached hydrogen (secondary N) is 2. The zero-order valence-electron chi connectivity index (χ0n) is 14.0. The predicted molar refractivity (Wildman–Crippen MR) is 89.0 cm³/mol.